The molecule has 0 fully saturated rings. The molecule has 0 heteroatoms. The zero-order chi connectivity index (χ0) is 45.5. The highest BCUT2D eigenvalue weighted by atomic mass is 14.3. The van der Waals surface area contributed by atoms with Gasteiger partial charge < -0.3 is 0 Å². The summed E-state index contributed by atoms with van der Waals surface area (Å²) in [7, 11) is 0. The van der Waals surface area contributed by atoms with E-state index in [9.17, 15) is 0 Å². The van der Waals surface area contributed by atoms with E-state index in [2.05, 4.69) is 198 Å². The molecule has 17 aromatic rings. The molecule has 0 aliphatic rings. The van der Waals surface area contributed by atoms with Gasteiger partial charge in [0.15, 0.2) is 0 Å². The topological polar surface area (TPSA) is 0 Å². The van der Waals surface area contributed by atoms with Gasteiger partial charge in [0.2, 0.25) is 0 Å². The first-order valence-electron chi connectivity index (χ1n) is 24.7. The normalized spacial score (nSPS) is 13.0. The number of fused-ring (bicyclic) bond motifs is 16. The summed E-state index contributed by atoms with van der Waals surface area (Å²) in [5.74, 6) is 0. The fourth-order valence-electron chi connectivity index (χ4n) is 14.8. The monoisotopic (exact) mass is 870 g/mol. The Hall–Kier alpha value is -8.32. The number of benzene rings is 13. The van der Waals surface area contributed by atoms with Crippen molar-refractivity contribution in [2.75, 3.05) is 0 Å². The third kappa shape index (κ3) is 4.23. The van der Waals surface area contributed by atoms with Crippen LogP contribution in [0.1, 0.15) is 27.8 Å². The molecule has 0 N–H and O–H groups in total. The SMILES string of the molecule is Cc1cc(C)cc(-c2c3cc(C)cc4c5c(C)cc(C)cc5c(c34)c3c4ccc5c6ccc7c8c(-c9ccccc9)c9cccc%10c%11ccccc%11c(c9%10)c8c8ccc(c9ccc(c23)c4c95)c6c78)c1. The standard InChI is InChI=1S/C69H42/c1-33-26-34(2)29-39(28-33)57-54-32-36(4)31-52-55-37(5)27-35(3)30-53(55)69(63(52)54)68-51-25-21-46-43-18-22-48-61-50(24-20-45(58(43)61)44-19-23-49(66(57)68)62(51)59(44)46)67-64-42-15-10-9-14-40(42)41-16-11-17-47(60(41)64)56(65(48)67)38-12-7-6-8-13-38/h6-32H,1-5H3. The fraction of sp³-hybridized carbons (Fsp3) is 0.0725. The van der Waals surface area contributed by atoms with Crippen LogP contribution in [0.5, 0.6) is 0 Å². The van der Waals surface area contributed by atoms with E-state index in [4.69, 9.17) is 0 Å². The van der Waals surface area contributed by atoms with Gasteiger partial charge in [0.1, 0.15) is 0 Å². The summed E-state index contributed by atoms with van der Waals surface area (Å²) in [6, 6.07) is 64.1. The Kier molecular flexibility index (Phi) is 6.51. The van der Waals surface area contributed by atoms with Crippen LogP contribution >= 0.6 is 0 Å². The van der Waals surface area contributed by atoms with Crippen LogP contribution < -0.4 is 0 Å². The van der Waals surface area contributed by atoms with E-state index in [1.807, 2.05) is 0 Å². The van der Waals surface area contributed by atoms with Gasteiger partial charge in [0.25, 0.3) is 0 Å². The Bertz CT molecular complexity index is 5100. The van der Waals surface area contributed by atoms with E-state index in [0.717, 1.165) is 0 Å². The second-order valence-electron chi connectivity index (χ2n) is 20.9. The summed E-state index contributed by atoms with van der Waals surface area (Å²) in [6.07, 6.45) is 0. The average Bonchev–Trinajstić information content (AvgIpc) is 4.07. The molecule has 0 heterocycles. The minimum Gasteiger partial charge on any atom is -0.0622 e. The van der Waals surface area contributed by atoms with Crippen molar-refractivity contribution in [2.45, 2.75) is 34.6 Å². The third-order valence-electron chi connectivity index (χ3n) is 16.9. The summed E-state index contributed by atoms with van der Waals surface area (Å²) in [6.45, 7) is 11.4. The Morgan fingerprint density at radius 3 is 1.17 bits per heavy atom. The van der Waals surface area contributed by atoms with Crippen LogP contribution in [0.4, 0.5) is 0 Å². The lowest BCUT2D eigenvalue weighted by atomic mass is 9.87. The van der Waals surface area contributed by atoms with E-state index < -0.39 is 0 Å². The minimum absolute atomic E-state index is 1.27. The molecule has 0 aliphatic carbocycles. The quantitative estimate of drug-likeness (QED) is 0.120. The molecule has 0 bridgehead atoms. The van der Waals surface area contributed by atoms with Crippen LogP contribution in [0.25, 0.3) is 173 Å². The Morgan fingerprint density at radius 1 is 0.188 bits per heavy atom. The second kappa shape index (κ2) is 12.2. The second-order valence-corrected chi connectivity index (χ2v) is 20.9. The molecule has 0 spiro atoms. The fourth-order valence-corrected chi connectivity index (χ4v) is 14.8. The number of hydrogen-bond acceptors (Lipinski definition) is 0. The largest absolute Gasteiger partial charge is 0.0622 e. The summed E-state index contributed by atoms with van der Waals surface area (Å²) in [5, 5.41) is 38.4. The third-order valence-corrected chi connectivity index (χ3v) is 16.9. The Morgan fingerprint density at radius 2 is 0.551 bits per heavy atom. The minimum atomic E-state index is 1.27. The van der Waals surface area contributed by atoms with Gasteiger partial charge in [-0.1, -0.05) is 180 Å². The van der Waals surface area contributed by atoms with Crippen LogP contribution in [-0.2, 0) is 0 Å². The number of aryl methyl sites for hydroxylation is 5. The maximum Gasteiger partial charge on any atom is -0.000696 e. The molecule has 0 atom stereocenters. The first kappa shape index (κ1) is 36.8. The highest BCUT2D eigenvalue weighted by Crippen LogP contribution is 2.58. The summed E-state index contributed by atoms with van der Waals surface area (Å²) in [4.78, 5) is 0. The van der Waals surface area contributed by atoms with Gasteiger partial charge in [0.05, 0.1) is 0 Å². The highest BCUT2D eigenvalue weighted by Gasteiger charge is 2.30. The van der Waals surface area contributed by atoms with E-state index in [0.29, 0.717) is 0 Å². The van der Waals surface area contributed by atoms with Crippen molar-refractivity contribution in [2.24, 2.45) is 0 Å². The molecular formula is C69H42. The predicted octanol–water partition coefficient (Wildman–Crippen LogP) is 19.9. The highest BCUT2D eigenvalue weighted by molar-refractivity contribution is 6.54. The first-order valence-corrected chi connectivity index (χ1v) is 24.7. The molecule has 0 amide bonds. The van der Waals surface area contributed by atoms with Gasteiger partial charge >= 0.3 is 0 Å². The van der Waals surface area contributed by atoms with Crippen molar-refractivity contribution in [1.29, 1.82) is 0 Å². The van der Waals surface area contributed by atoms with Gasteiger partial charge in [-0.25, -0.2) is 0 Å². The molecule has 0 radical (unpaired) electrons. The maximum absolute atomic E-state index is 2.50. The molecule has 0 unspecified atom stereocenters. The molecule has 0 nitrogen and oxygen atoms in total. The molecule has 0 aromatic heterocycles. The molecule has 0 saturated carbocycles. The van der Waals surface area contributed by atoms with Gasteiger partial charge in [-0.3, -0.25) is 0 Å². The van der Waals surface area contributed by atoms with Crippen LogP contribution in [0.3, 0.4) is 0 Å². The lowest BCUT2D eigenvalue weighted by Crippen LogP contribution is -1.88. The van der Waals surface area contributed by atoms with E-state index in [1.54, 1.807) is 0 Å². The zero-order valence-electron chi connectivity index (χ0n) is 39.1. The van der Waals surface area contributed by atoms with Crippen LogP contribution in [0.15, 0.2) is 164 Å². The van der Waals surface area contributed by atoms with Crippen molar-refractivity contribution in [1.82, 2.24) is 0 Å². The lowest BCUT2D eigenvalue weighted by Gasteiger charge is -2.15. The van der Waals surface area contributed by atoms with Gasteiger partial charge in [-0.05, 0) is 219 Å². The summed E-state index contributed by atoms with van der Waals surface area (Å²) in [5.41, 5.74) is 11.9. The van der Waals surface area contributed by atoms with Gasteiger partial charge in [-0.2, -0.15) is 0 Å². The predicted molar refractivity (Wildman–Crippen MR) is 302 cm³/mol. The lowest BCUT2D eigenvalue weighted by molar-refractivity contribution is 1.39. The van der Waals surface area contributed by atoms with Crippen molar-refractivity contribution in [3.63, 3.8) is 0 Å². The Labute approximate surface area is 397 Å². The summed E-state index contributed by atoms with van der Waals surface area (Å²) < 4.78 is 0. The van der Waals surface area contributed by atoms with Crippen LogP contribution in [0.2, 0.25) is 0 Å². The van der Waals surface area contributed by atoms with Crippen molar-refractivity contribution in [3.05, 3.63) is 192 Å². The molecule has 17 rings (SSSR count). The number of hydrogen-bond donors (Lipinski definition) is 0. The smallest absolute Gasteiger partial charge is 0.000696 e. The van der Waals surface area contributed by atoms with Crippen LogP contribution in [0, 0.1) is 34.6 Å². The maximum atomic E-state index is 2.50. The van der Waals surface area contributed by atoms with E-state index in [1.165, 1.54) is 201 Å². The molecular weight excluding hydrogens is 829 g/mol. The summed E-state index contributed by atoms with van der Waals surface area (Å²) >= 11 is 0. The van der Waals surface area contributed by atoms with Crippen LogP contribution in [-0.4, -0.2) is 0 Å². The Balaban J connectivity index is 1.09. The van der Waals surface area contributed by atoms with Crippen molar-refractivity contribution in [3.8, 4) is 22.3 Å². The molecule has 0 saturated heterocycles. The number of rotatable bonds is 2. The molecule has 318 valence electrons. The van der Waals surface area contributed by atoms with Crippen molar-refractivity contribution >= 4 is 151 Å². The molecule has 0 aliphatic heterocycles. The van der Waals surface area contributed by atoms with Crippen molar-refractivity contribution < 1.29 is 0 Å². The van der Waals surface area contributed by atoms with E-state index >= 15 is 0 Å². The van der Waals surface area contributed by atoms with Gasteiger partial charge in [-0.15, -0.1) is 0 Å². The zero-order valence-corrected chi connectivity index (χ0v) is 39.1. The molecule has 17 aromatic carbocycles. The average molecular weight is 871 g/mol. The van der Waals surface area contributed by atoms with Gasteiger partial charge in [0, 0.05) is 0 Å². The first-order chi connectivity index (χ1) is 33.8. The van der Waals surface area contributed by atoms with E-state index in [-0.39, 0.29) is 0 Å². The molecule has 69 heavy (non-hydrogen) atoms.